The van der Waals surface area contributed by atoms with Gasteiger partial charge >= 0.3 is 0 Å². The van der Waals surface area contributed by atoms with Crippen molar-refractivity contribution in [1.29, 1.82) is 0 Å². The van der Waals surface area contributed by atoms with Crippen LogP contribution in [0.15, 0.2) is 24.3 Å². The van der Waals surface area contributed by atoms with Crippen molar-refractivity contribution in [3.63, 3.8) is 0 Å². The zero-order valence-electron chi connectivity index (χ0n) is 9.93. The van der Waals surface area contributed by atoms with Crippen molar-refractivity contribution in [3.05, 3.63) is 29.8 Å². The van der Waals surface area contributed by atoms with Crippen LogP contribution in [0.1, 0.15) is 11.5 Å². The fourth-order valence-corrected chi connectivity index (χ4v) is 1.63. The van der Waals surface area contributed by atoms with Gasteiger partial charge in [-0.15, -0.1) is 0 Å². The number of hydrogen-bond acceptors (Lipinski definition) is 3. The summed E-state index contributed by atoms with van der Waals surface area (Å²) in [6.07, 6.45) is 0. The SMILES string of the molecule is COc1ccccc1C(CN)C(=O)N(C)C. The van der Waals surface area contributed by atoms with Crippen molar-refractivity contribution >= 4 is 5.91 Å². The third-order valence-corrected chi connectivity index (χ3v) is 2.49. The number of carbonyl (C=O) groups is 1. The number of benzene rings is 1. The number of carbonyl (C=O) groups excluding carboxylic acids is 1. The fraction of sp³-hybridized carbons (Fsp3) is 0.417. The molecule has 1 aromatic carbocycles. The summed E-state index contributed by atoms with van der Waals surface area (Å²) in [5.74, 6) is 0.353. The average molecular weight is 222 g/mol. The lowest BCUT2D eigenvalue weighted by Gasteiger charge is -2.21. The van der Waals surface area contributed by atoms with Crippen LogP contribution in [0.3, 0.4) is 0 Å². The predicted molar refractivity (Wildman–Crippen MR) is 63.5 cm³/mol. The fourth-order valence-electron chi connectivity index (χ4n) is 1.63. The third kappa shape index (κ3) is 2.52. The first-order valence-electron chi connectivity index (χ1n) is 5.16. The first-order chi connectivity index (χ1) is 7.61. The van der Waals surface area contributed by atoms with Gasteiger partial charge in [0, 0.05) is 26.2 Å². The molecule has 0 saturated carbocycles. The Labute approximate surface area is 96.0 Å². The van der Waals surface area contributed by atoms with Crippen molar-refractivity contribution in [2.75, 3.05) is 27.7 Å². The molecule has 0 aromatic heterocycles. The van der Waals surface area contributed by atoms with E-state index in [9.17, 15) is 4.79 Å². The molecule has 0 bridgehead atoms. The van der Waals surface area contributed by atoms with Crippen LogP contribution in [-0.2, 0) is 4.79 Å². The Hall–Kier alpha value is -1.55. The average Bonchev–Trinajstić information content (AvgIpc) is 2.30. The molecular formula is C12H18N2O2. The minimum absolute atomic E-state index is 0.00741. The van der Waals surface area contributed by atoms with E-state index >= 15 is 0 Å². The normalized spacial score (nSPS) is 12.0. The van der Waals surface area contributed by atoms with E-state index < -0.39 is 0 Å². The maximum absolute atomic E-state index is 11.9. The van der Waals surface area contributed by atoms with Crippen LogP contribution in [0.25, 0.3) is 0 Å². The molecule has 1 aromatic rings. The van der Waals surface area contributed by atoms with Gasteiger partial charge in [0.2, 0.25) is 5.91 Å². The van der Waals surface area contributed by atoms with Gasteiger partial charge in [-0.1, -0.05) is 18.2 Å². The largest absolute Gasteiger partial charge is 0.496 e. The first kappa shape index (κ1) is 12.5. The van der Waals surface area contributed by atoms with E-state index in [0.29, 0.717) is 5.75 Å². The number of amides is 1. The number of nitrogens with two attached hydrogens (primary N) is 1. The molecule has 4 heteroatoms. The molecule has 0 aliphatic heterocycles. The van der Waals surface area contributed by atoms with Crippen LogP contribution in [0, 0.1) is 0 Å². The molecule has 0 spiro atoms. The number of rotatable bonds is 4. The second-order valence-electron chi connectivity index (χ2n) is 3.76. The van der Waals surface area contributed by atoms with Crippen LogP contribution in [-0.4, -0.2) is 38.6 Å². The van der Waals surface area contributed by atoms with Crippen molar-refractivity contribution in [2.24, 2.45) is 5.73 Å². The van der Waals surface area contributed by atoms with Crippen LogP contribution in [0.4, 0.5) is 0 Å². The van der Waals surface area contributed by atoms with E-state index in [2.05, 4.69) is 0 Å². The highest BCUT2D eigenvalue weighted by atomic mass is 16.5. The smallest absolute Gasteiger partial charge is 0.231 e. The van der Waals surface area contributed by atoms with Crippen LogP contribution >= 0.6 is 0 Å². The zero-order valence-corrected chi connectivity index (χ0v) is 9.93. The van der Waals surface area contributed by atoms with Gasteiger partial charge in [0.1, 0.15) is 5.75 Å². The first-order valence-corrected chi connectivity index (χ1v) is 5.16. The number of nitrogens with zero attached hydrogens (tertiary/aromatic N) is 1. The molecule has 1 unspecified atom stereocenters. The molecule has 16 heavy (non-hydrogen) atoms. The zero-order chi connectivity index (χ0) is 12.1. The minimum Gasteiger partial charge on any atom is -0.496 e. The molecule has 0 aliphatic rings. The van der Waals surface area contributed by atoms with Crippen molar-refractivity contribution in [3.8, 4) is 5.75 Å². The van der Waals surface area contributed by atoms with Gasteiger partial charge in [-0.3, -0.25) is 4.79 Å². The molecule has 0 aliphatic carbocycles. The standard InChI is InChI=1S/C12H18N2O2/c1-14(2)12(15)10(8-13)9-6-4-5-7-11(9)16-3/h4-7,10H,8,13H2,1-3H3. The molecule has 2 N–H and O–H groups in total. The minimum atomic E-state index is -0.342. The lowest BCUT2D eigenvalue weighted by Crippen LogP contribution is -2.32. The molecule has 0 radical (unpaired) electrons. The number of hydrogen-bond donors (Lipinski definition) is 1. The summed E-state index contributed by atoms with van der Waals surface area (Å²) >= 11 is 0. The molecule has 1 rings (SSSR count). The maximum atomic E-state index is 11.9. The molecule has 1 amide bonds. The summed E-state index contributed by atoms with van der Waals surface area (Å²) in [6, 6.07) is 7.46. The summed E-state index contributed by atoms with van der Waals surface area (Å²) in [4.78, 5) is 13.5. The summed E-state index contributed by atoms with van der Waals surface area (Å²) in [6.45, 7) is 0.275. The van der Waals surface area contributed by atoms with E-state index in [-0.39, 0.29) is 18.4 Å². The van der Waals surface area contributed by atoms with E-state index in [1.165, 1.54) is 0 Å². The molecule has 0 fully saturated rings. The van der Waals surface area contributed by atoms with Gasteiger partial charge in [-0.2, -0.15) is 0 Å². The van der Waals surface area contributed by atoms with E-state index in [1.54, 1.807) is 26.1 Å². The van der Waals surface area contributed by atoms with Gasteiger partial charge in [0.05, 0.1) is 13.0 Å². The van der Waals surface area contributed by atoms with E-state index in [1.807, 2.05) is 24.3 Å². The molecule has 88 valence electrons. The number of methoxy groups -OCH3 is 1. The predicted octanol–water partition coefficient (Wildman–Crippen LogP) is 0.826. The Morgan fingerprint density at radius 2 is 2.06 bits per heavy atom. The van der Waals surface area contributed by atoms with Crippen LogP contribution in [0.5, 0.6) is 5.75 Å². The Kier molecular flexibility index (Phi) is 4.31. The monoisotopic (exact) mass is 222 g/mol. The number of ether oxygens (including phenoxy) is 1. The summed E-state index contributed by atoms with van der Waals surface area (Å²) in [5.41, 5.74) is 6.50. The van der Waals surface area contributed by atoms with Crippen molar-refractivity contribution in [1.82, 2.24) is 4.90 Å². The highest BCUT2D eigenvalue weighted by Gasteiger charge is 2.23. The van der Waals surface area contributed by atoms with Crippen molar-refractivity contribution in [2.45, 2.75) is 5.92 Å². The molecule has 1 atom stereocenters. The summed E-state index contributed by atoms with van der Waals surface area (Å²) in [5, 5.41) is 0. The van der Waals surface area contributed by atoms with E-state index in [0.717, 1.165) is 5.56 Å². The number of para-hydroxylation sites is 1. The molecule has 4 nitrogen and oxygen atoms in total. The summed E-state index contributed by atoms with van der Waals surface area (Å²) in [7, 11) is 5.04. The topological polar surface area (TPSA) is 55.6 Å². The third-order valence-electron chi connectivity index (χ3n) is 2.49. The van der Waals surface area contributed by atoms with Gasteiger partial charge < -0.3 is 15.4 Å². The Morgan fingerprint density at radius 3 is 2.56 bits per heavy atom. The van der Waals surface area contributed by atoms with Gasteiger partial charge in [0.25, 0.3) is 0 Å². The van der Waals surface area contributed by atoms with E-state index in [4.69, 9.17) is 10.5 Å². The Balaban J connectivity index is 3.08. The van der Waals surface area contributed by atoms with Gasteiger partial charge in [-0.25, -0.2) is 0 Å². The second kappa shape index (κ2) is 5.51. The number of likely N-dealkylation sites (N-methyl/N-ethyl adjacent to an activating group) is 1. The van der Waals surface area contributed by atoms with Crippen LogP contribution in [0.2, 0.25) is 0 Å². The second-order valence-corrected chi connectivity index (χ2v) is 3.76. The molecule has 0 heterocycles. The lowest BCUT2D eigenvalue weighted by molar-refractivity contribution is -0.130. The molecular weight excluding hydrogens is 204 g/mol. The molecule has 0 saturated heterocycles. The quantitative estimate of drug-likeness (QED) is 0.820. The van der Waals surface area contributed by atoms with Crippen LogP contribution < -0.4 is 10.5 Å². The highest BCUT2D eigenvalue weighted by Crippen LogP contribution is 2.26. The van der Waals surface area contributed by atoms with Crippen molar-refractivity contribution < 1.29 is 9.53 Å². The summed E-state index contributed by atoms with van der Waals surface area (Å²) < 4.78 is 5.23. The Bertz CT molecular complexity index is 364. The van der Waals surface area contributed by atoms with Gasteiger partial charge in [0.15, 0.2) is 0 Å². The maximum Gasteiger partial charge on any atom is 0.231 e. The highest BCUT2D eigenvalue weighted by molar-refractivity contribution is 5.84. The lowest BCUT2D eigenvalue weighted by atomic mass is 9.97. The Morgan fingerprint density at radius 1 is 1.44 bits per heavy atom. The van der Waals surface area contributed by atoms with Gasteiger partial charge in [-0.05, 0) is 6.07 Å².